The van der Waals surface area contributed by atoms with Gasteiger partial charge in [-0.15, -0.1) is 0 Å². The molecule has 17 heavy (non-hydrogen) atoms. The average molecular weight is 241 g/mol. The van der Waals surface area contributed by atoms with Gasteiger partial charge in [-0.2, -0.15) is 0 Å². The molecule has 1 unspecified atom stereocenters. The molecule has 0 amide bonds. The fraction of sp³-hybridized carbons (Fsp3) is 0.538. The van der Waals surface area contributed by atoms with Gasteiger partial charge in [0, 0.05) is 0 Å². The first-order valence-electron chi connectivity index (χ1n) is 5.95. The van der Waals surface area contributed by atoms with Crippen molar-refractivity contribution in [2.75, 3.05) is 19.7 Å². The maximum atomic E-state index is 13.7. The lowest BCUT2D eigenvalue weighted by atomic mass is 9.87. The van der Waals surface area contributed by atoms with Crippen molar-refractivity contribution in [1.82, 2.24) is 5.32 Å². The third-order valence-electron chi connectivity index (χ3n) is 3.07. The zero-order chi connectivity index (χ0) is 12.3. The fourth-order valence-corrected chi connectivity index (χ4v) is 2.21. The largest absolute Gasteiger partial charge is 0.494 e. The van der Waals surface area contributed by atoms with E-state index in [1.54, 1.807) is 24.3 Å². The predicted molar refractivity (Wildman–Crippen MR) is 62.8 cm³/mol. The molecule has 0 spiro atoms. The Morgan fingerprint density at radius 1 is 1.35 bits per heavy atom. The zero-order valence-electron chi connectivity index (χ0n) is 9.88. The van der Waals surface area contributed by atoms with E-state index < -0.39 is 11.8 Å². The number of ether oxygens (including phenoxy) is 1. The van der Waals surface area contributed by atoms with Crippen LogP contribution in [0, 0.1) is 0 Å². The molecule has 0 aliphatic carbocycles. The number of hydrogen-bond donors (Lipinski definition) is 1. The molecule has 1 atom stereocenters. The van der Waals surface area contributed by atoms with Crippen LogP contribution >= 0.6 is 0 Å². The molecule has 0 radical (unpaired) electrons. The maximum Gasteiger partial charge on any atom is 0.267 e. The highest BCUT2D eigenvalue weighted by Gasteiger charge is 2.42. The molecule has 2 nitrogen and oxygen atoms in total. The van der Waals surface area contributed by atoms with Gasteiger partial charge in [-0.3, -0.25) is 0 Å². The molecule has 0 saturated carbocycles. The van der Waals surface area contributed by atoms with E-state index >= 15 is 0 Å². The smallest absolute Gasteiger partial charge is 0.267 e. The number of halogens is 2. The molecule has 0 aromatic heterocycles. The van der Waals surface area contributed by atoms with E-state index in [2.05, 4.69) is 5.32 Å². The minimum Gasteiger partial charge on any atom is -0.494 e. The number of alkyl halides is 2. The summed E-state index contributed by atoms with van der Waals surface area (Å²) in [6.45, 7) is 2.90. The van der Waals surface area contributed by atoms with Crippen LogP contribution in [0.3, 0.4) is 0 Å². The summed E-state index contributed by atoms with van der Waals surface area (Å²) >= 11 is 0. The SMILES string of the molecule is CCOc1ccc(C2CCNCC2(F)F)cc1. The normalized spacial score (nSPS) is 23.4. The van der Waals surface area contributed by atoms with Crippen LogP contribution in [0.15, 0.2) is 24.3 Å². The first-order chi connectivity index (χ1) is 8.13. The Bertz CT molecular complexity index is 364. The van der Waals surface area contributed by atoms with E-state index in [1.807, 2.05) is 6.92 Å². The van der Waals surface area contributed by atoms with Crippen LogP contribution in [0.5, 0.6) is 5.75 Å². The lowest BCUT2D eigenvalue weighted by Gasteiger charge is -2.32. The van der Waals surface area contributed by atoms with Gasteiger partial charge in [0.2, 0.25) is 0 Å². The molecule has 1 heterocycles. The summed E-state index contributed by atoms with van der Waals surface area (Å²) < 4.78 is 32.7. The molecule has 1 fully saturated rings. The predicted octanol–water partition coefficient (Wildman–Crippen LogP) is 2.80. The zero-order valence-corrected chi connectivity index (χ0v) is 9.88. The third-order valence-corrected chi connectivity index (χ3v) is 3.07. The van der Waals surface area contributed by atoms with E-state index in [4.69, 9.17) is 4.74 Å². The van der Waals surface area contributed by atoms with Gasteiger partial charge >= 0.3 is 0 Å². The average Bonchev–Trinajstić information content (AvgIpc) is 2.30. The van der Waals surface area contributed by atoms with Crippen molar-refractivity contribution in [3.05, 3.63) is 29.8 Å². The van der Waals surface area contributed by atoms with E-state index in [0.717, 1.165) is 5.75 Å². The molecule has 1 aliphatic heterocycles. The van der Waals surface area contributed by atoms with Crippen molar-refractivity contribution >= 4 is 0 Å². The topological polar surface area (TPSA) is 21.3 Å². The molecule has 94 valence electrons. The Morgan fingerprint density at radius 2 is 2.06 bits per heavy atom. The van der Waals surface area contributed by atoms with Crippen LogP contribution in [0.2, 0.25) is 0 Å². The minimum atomic E-state index is -2.66. The van der Waals surface area contributed by atoms with Crippen molar-refractivity contribution in [1.29, 1.82) is 0 Å². The molecule has 1 aliphatic rings. The van der Waals surface area contributed by atoms with Crippen molar-refractivity contribution < 1.29 is 13.5 Å². The second-order valence-electron chi connectivity index (χ2n) is 4.28. The molecule has 1 saturated heterocycles. The Hall–Kier alpha value is -1.16. The van der Waals surface area contributed by atoms with Crippen molar-refractivity contribution in [3.63, 3.8) is 0 Å². The lowest BCUT2D eigenvalue weighted by molar-refractivity contribution is -0.0420. The van der Waals surface area contributed by atoms with Gasteiger partial charge in [0.15, 0.2) is 0 Å². The van der Waals surface area contributed by atoms with Crippen molar-refractivity contribution in [2.45, 2.75) is 25.2 Å². The molecule has 1 N–H and O–H groups in total. The van der Waals surface area contributed by atoms with Gasteiger partial charge in [-0.1, -0.05) is 12.1 Å². The number of hydrogen-bond acceptors (Lipinski definition) is 2. The number of nitrogens with one attached hydrogen (secondary N) is 1. The number of benzene rings is 1. The van der Waals surface area contributed by atoms with E-state index in [9.17, 15) is 8.78 Å². The highest BCUT2D eigenvalue weighted by atomic mass is 19.3. The van der Waals surface area contributed by atoms with Gasteiger partial charge in [0.25, 0.3) is 5.92 Å². The van der Waals surface area contributed by atoms with Gasteiger partial charge in [0.1, 0.15) is 5.75 Å². The van der Waals surface area contributed by atoms with E-state index in [0.29, 0.717) is 25.1 Å². The van der Waals surface area contributed by atoms with E-state index in [1.165, 1.54) is 0 Å². The number of piperidine rings is 1. The van der Waals surface area contributed by atoms with Crippen LogP contribution < -0.4 is 10.1 Å². The first-order valence-corrected chi connectivity index (χ1v) is 5.95. The second-order valence-corrected chi connectivity index (χ2v) is 4.28. The highest BCUT2D eigenvalue weighted by molar-refractivity contribution is 5.31. The summed E-state index contributed by atoms with van der Waals surface area (Å²) in [6.07, 6.45) is 0.473. The Kier molecular flexibility index (Phi) is 3.62. The van der Waals surface area contributed by atoms with Gasteiger partial charge in [0.05, 0.1) is 19.1 Å². The lowest BCUT2D eigenvalue weighted by Crippen LogP contribution is -2.44. The molecule has 2 rings (SSSR count). The summed E-state index contributed by atoms with van der Waals surface area (Å²) in [6, 6.07) is 7.01. The van der Waals surface area contributed by atoms with Crippen molar-refractivity contribution in [2.24, 2.45) is 0 Å². The fourth-order valence-electron chi connectivity index (χ4n) is 2.21. The molecular formula is C13H17F2NO. The van der Waals surface area contributed by atoms with Gasteiger partial charge < -0.3 is 10.1 Å². The van der Waals surface area contributed by atoms with Crippen LogP contribution in [-0.2, 0) is 0 Å². The number of rotatable bonds is 3. The summed E-state index contributed by atoms with van der Waals surface area (Å²) in [5.41, 5.74) is 0.694. The highest BCUT2D eigenvalue weighted by Crippen LogP contribution is 2.38. The van der Waals surface area contributed by atoms with E-state index in [-0.39, 0.29) is 6.54 Å². The quantitative estimate of drug-likeness (QED) is 0.878. The van der Waals surface area contributed by atoms with Crippen LogP contribution in [0.1, 0.15) is 24.8 Å². The summed E-state index contributed by atoms with van der Waals surface area (Å²) in [7, 11) is 0. The summed E-state index contributed by atoms with van der Waals surface area (Å²) in [5.74, 6) is -2.61. The van der Waals surface area contributed by atoms with Crippen molar-refractivity contribution in [3.8, 4) is 5.75 Å². The molecule has 0 bridgehead atoms. The van der Waals surface area contributed by atoms with Gasteiger partial charge in [-0.25, -0.2) is 8.78 Å². The van der Waals surface area contributed by atoms with Crippen LogP contribution in [0.4, 0.5) is 8.78 Å². The monoisotopic (exact) mass is 241 g/mol. The Labute approximate surface area is 100.0 Å². The molecule has 1 aromatic carbocycles. The standard InChI is InChI=1S/C13H17F2NO/c1-2-17-11-5-3-10(4-6-11)12-7-8-16-9-13(12,14)15/h3-6,12,16H,2,7-9H2,1H3. The van der Waals surface area contributed by atoms with Crippen LogP contribution in [-0.4, -0.2) is 25.6 Å². The summed E-state index contributed by atoms with van der Waals surface area (Å²) in [5, 5.41) is 2.73. The molecular weight excluding hydrogens is 224 g/mol. The second kappa shape index (κ2) is 5.00. The molecule has 1 aromatic rings. The first kappa shape index (κ1) is 12.3. The van der Waals surface area contributed by atoms with Gasteiger partial charge in [-0.05, 0) is 37.6 Å². The minimum absolute atomic E-state index is 0.231. The molecule has 4 heteroatoms. The maximum absolute atomic E-state index is 13.7. The Balaban J connectivity index is 2.15. The third kappa shape index (κ3) is 2.75. The Morgan fingerprint density at radius 3 is 2.65 bits per heavy atom. The summed E-state index contributed by atoms with van der Waals surface area (Å²) in [4.78, 5) is 0. The van der Waals surface area contributed by atoms with Crippen LogP contribution in [0.25, 0.3) is 0 Å².